The first-order chi connectivity index (χ1) is 11.3. The van der Waals surface area contributed by atoms with Gasteiger partial charge in [0.1, 0.15) is 0 Å². The van der Waals surface area contributed by atoms with Gasteiger partial charge in [0, 0.05) is 24.0 Å². The van der Waals surface area contributed by atoms with E-state index >= 15 is 0 Å². The Kier molecular flexibility index (Phi) is 5.49. The molecule has 0 heterocycles. The van der Waals surface area contributed by atoms with Gasteiger partial charge in [-0.2, -0.15) is 0 Å². The van der Waals surface area contributed by atoms with Gasteiger partial charge < -0.3 is 5.32 Å². The first-order valence-electron chi connectivity index (χ1n) is 8.07. The Morgan fingerprint density at radius 1 is 1.00 bits per heavy atom. The number of para-hydroxylation sites is 2. The molecule has 0 aliphatic heterocycles. The average molecular weight is 325 g/mol. The lowest BCUT2D eigenvalue weighted by atomic mass is 9.86. The highest BCUT2D eigenvalue weighted by atomic mass is 35.5. The lowest BCUT2D eigenvalue weighted by molar-refractivity contribution is 0.532. The second-order valence-electron chi connectivity index (χ2n) is 5.80. The van der Waals surface area contributed by atoms with Crippen molar-refractivity contribution >= 4 is 29.2 Å². The number of hydrogen-bond acceptors (Lipinski definition) is 2. The zero-order chi connectivity index (χ0) is 15.9. The number of anilines is 1. The minimum absolute atomic E-state index is 0.00687. The van der Waals surface area contributed by atoms with Crippen molar-refractivity contribution in [3.8, 4) is 0 Å². The summed E-state index contributed by atoms with van der Waals surface area (Å²) in [6.07, 6.45) is 7.37. The minimum Gasteiger partial charge on any atom is -0.362 e. The molecule has 1 aliphatic rings. The van der Waals surface area contributed by atoms with E-state index in [1.807, 2.05) is 54.7 Å². The standard InChI is InChI=1S/C20H21ClN2/c21-20-16(14-22-18-10-3-1-4-11-18)8-7-9-17(20)15-23-19-12-5-2-6-13-19/h1-6,10-16,20,23H,7-9H2/b17-15+,22-14+. The molecule has 0 aromatic heterocycles. The number of aliphatic imine (C=N–C) groups is 1. The quantitative estimate of drug-likeness (QED) is 0.558. The van der Waals surface area contributed by atoms with Gasteiger partial charge in [-0.3, -0.25) is 4.99 Å². The summed E-state index contributed by atoms with van der Waals surface area (Å²) in [6, 6.07) is 20.2. The Morgan fingerprint density at radius 3 is 2.43 bits per heavy atom. The highest BCUT2D eigenvalue weighted by Crippen LogP contribution is 2.32. The van der Waals surface area contributed by atoms with Crippen molar-refractivity contribution < 1.29 is 0 Å². The molecule has 2 aromatic carbocycles. The van der Waals surface area contributed by atoms with Crippen molar-refractivity contribution in [1.82, 2.24) is 0 Å². The minimum atomic E-state index is 0.00687. The van der Waals surface area contributed by atoms with Crippen LogP contribution in [-0.4, -0.2) is 11.6 Å². The first kappa shape index (κ1) is 15.8. The Bertz CT molecular complexity index is 665. The Morgan fingerprint density at radius 2 is 1.70 bits per heavy atom. The molecule has 3 rings (SSSR count). The smallest absolute Gasteiger partial charge is 0.0639 e. The van der Waals surface area contributed by atoms with Crippen LogP contribution in [0.25, 0.3) is 0 Å². The van der Waals surface area contributed by atoms with E-state index in [1.54, 1.807) is 0 Å². The molecule has 1 fully saturated rings. The van der Waals surface area contributed by atoms with Crippen LogP contribution >= 0.6 is 11.6 Å². The summed E-state index contributed by atoms with van der Waals surface area (Å²) in [7, 11) is 0. The van der Waals surface area contributed by atoms with Crippen LogP contribution in [0.1, 0.15) is 19.3 Å². The molecule has 1 saturated carbocycles. The van der Waals surface area contributed by atoms with E-state index in [9.17, 15) is 0 Å². The van der Waals surface area contributed by atoms with E-state index in [-0.39, 0.29) is 11.3 Å². The van der Waals surface area contributed by atoms with Crippen LogP contribution in [0.15, 0.2) is 77.4 Å². The largest absolute Gasteiger partial charge is 0.362 e. The van der Waals surface area contributed by atoms with Gasteiger partial charge in [0.2, 0.25) is 0 Å². The summed E-state index contributed by atoms with van der Waals surface area (Å²) in [5.41, 5.74) is 3.32. The molecular weight excluding hydrogens is 304 g/mol. The predicted molar refractivity (Wildman–Crippen MR) is 99.7 cm³/mol. The van der Waals surface area contributed by atoms with Crippen LogP contribution in [0, 0.1) is 5.92 Å². The number of halogens is 1. The number of nitrogens with one attached hydrogen (secondary N) is 1. The van der Waals surface area contributed by atoms with Gasteiger partial charge in [0.15, 0.2) is 0 Å². The van der Waals surface area contributed by atoms with Gasteiger partial charge in [0.25, 0.3) is 0 Å². The van der Waals surface area contributed by atoms with E-state index in [0.29, 0.717) is 0 Å². The summed E-state index contributed by atoms with van der Waals surface area (Å²) < 4.78 is 0. The van der Waals surface area contributed by atoms with E-state index in [2.05, 4.69) is 28.6 Å². The normalized spacial score (nSPS) is 23.3. The highest BCUT2D eigenvalue weighted by Gasteiger charge is 2.25. The molecule has 0 spiro atoms. The van der Waals surface area contributed by atoms with Crippen molar-refractivity contribution in [2.75, 3.05) is 5.32 Å². The Balaban J connectivity index is 1.66. The van der Waals surface area contributed by atoms with Crippen molar-refractivity contribution in [2.24, 2.45) is 10.9 Å². The van der Waals surface area contributed by atoms with E-state index < -0.39 is 0 Å². The summed E-state index contributed by atoms with van der Waals surface area (Å²) in [6.45, 7) is 0. The molecule has 1 N–H and O–H groups in total. The molecule has 2 unspecified atom stereocenters. The molecule has 118 valence electrons. The van der Waals surface area contributed by atoms with Crippen molar-refractivity contribution in [2.45, 2.75) is 24.6 Å². The molecule has 0 amide bonds. The van der Waals surface area contributed by atoms with E-state index in [0.717, 1.165) is 30.6 Å². The number of allylic oxidation sites excluding steroid dienone is 1. The maximum atomic E-state index is 6.68. The van der Waals surface area contributed by atoms with Crippen LogP contribution in [-0.2, 0) is 0 Å². The fourth-order valence-electron chi connectivity index (χ4n) is 2.81. The van der Waals surface area contributed by atoms with Crippen molar-refractivity contribution in [1.29, 1.82) is 0 Å². The summed E-state index contributed by atoms with van der Waals surface area (Å²) in [5.74, 6) is 0.287. The second kappa shape index (κ2) is 7.98. The topological polar surface area (TPSA) is 24.4 Å². The molecule has 2 atom stereocenters. The molecule has 23 heavy (non-hydrogen) atoms. The molecule has 0 bridgehead atoms. The van der Waals surface area contributed by atoms with Crippen LogP contribution in [0.5, 0.6) is 0 Å². The number of benzene rings is 2. The Labute approximate surface area is 142 Å². The predicted octanol–water partition coefficient (Wildman–Crippen LogP) is 5.79. The zero-order valence-electron chi connectivity index (χ0n) is 13.0. The SMILES string of the molecule is ClC1/C(=C/Nc2ccccc2)CCCC1/C=N/c1ccccc1. The van der Waals surface area contributed by atoms with Crippen LogP contribution in [0.2, 0.25) is 0 Å². The third-order valence-corrected chi connectivity index (χ3v) is 4.71. The third-order valence-electron chi connectivity index (χ3n) is 4.10. The maximum absolute atomic E-state index is 6.68. The number of alkyl halides is 1. The van der Waals surface area contributed by atoms with Gasteiger partial charge >= 0.3 is 0 Å². The Hall–Kier alpha value is -2.06. The first-order valence-corrected chi connectivity index (χ1v) is 8.50. The van der Waals surface area contributed by atoms with Crippen molar-refractivity contribution in [3.05, 3.63) is 72.4 Å². The molecule has 3 heteroatoms. The van der Waals surface area contributed by atoms with Gasteiger partial charge in [0.05, 0.1) is 11.1 Å². The molecule has 1 aliphatic carbocycles. The fraction of sp³-hybridized carbons (Fsp3) is 0.250. The molecule has 0 radical (unpaired) electrons. The molecule has 2 nitrogen and oxygen atoms in total. The number of nitrogens with zero attached hydrogens (tertiary/aromatic N) is 1. The van der Waals surface area contributed by atoms with E-state index in [1.165, 1.54) is 5.57 Å². The number of rotatable bonds is 4. The van der Waals surface area contributed by atoms with Gasteiger partial charge in [-0.25, -0.2) is 0 Å². The van der Waals surface area contributed by atoms with Gasteiger partial charge in [-0.15, -0.1) is 11.6 Å². The zero-order valence-corrected chi connectivity index (χ0v) is 13.8. The van der Waals surface area contributed by atoms with Crippen LogP contribution in [0.3, 0.4) is 0 Å². The molecular formula is C20H21ClN2. The second-order valence-corrected chi connectivity index (χ2v) is 6.27. The van der Waals surface area contributed by atoms with Gasteiger partial charge in [-0.1, -0.05) is 36.4 Å². The maximum Gasteiger partial charge on any atom is 0.0639 e. The van der Waals surface area contributed by atoms with Crippen LogP contribution in [0.4, 0.5) is 11.4 Å². The fourth-order valence-corrected chi connectivity index (χ4v) is 3.17. The highest BCUT2D eigenvalue weighted by molar-refractivity contribution is 6.23. The third kappa shape index (κ3) is 4.46. The lowest BCUT2D eigenvalue weighted by Gasteiger charge is -2.27. The molecule has 0 saturated heterocycles. The monoisotopic (exact) mass is 324 g/mol. The van der Waals surface area contributed by atoms with Gasteiger partial charge in [-0.05, 0) is 49.1 Å². The van der Waals surface area contributed by atoms with Crippen molar-refractivity contribution in [3.63, 3.8) is 0 Å². The van der Waals surface area contributed by atoms with Crippen LogP contribution < -0.4 is 5.32 Å². The average Bonchev–Trinajstić information content (AvgIpc) is 2.61. The summed E-state index contributed by atoms with van der Waals surface area (Å²) in [4.78, 5) is 4.58. The summed E-state index contributed by atoms with van der Waals surface area (Å²) >= 11 is 6.68. The molecule has 2 aromatic rings. The lowest BCUT2D eigenvalue weighted by Crippen LogP contribution is -2.24. The number of hydrogen-bond donors (Lipinski definition) is 1. The summed E-state index contributed by atoms with van der Waals surface area (Å²) in [5, 5.41) is 3.36. The van der Waals surface area contributed by atoms with E-state index in [4.69, 9.17) is 11.6 Å².